The summed E-state index contributed by atoms with van der Waals surface area (Å²) < 4.78 is 6.71. The number of rotatable bonds is 16. The highest BCUT2D eigenvalue weighted by molar-refractivity contribution is 5.89. The van der Waals surface area contributed by atoms with Crippen LogP contribution in [0.4, 0.5) is 0 Å². The van der Waals surface area contributed by atoms with Crippen LogP contribution in [0.5, 0.6) is 0 Å². The Morgan fingerprint density at radius 1 is 0.477 bits per heavy atom. The lowest BCUT2D eigenvalue weighted by atomic mass is 9.57. The van der Waals surface area contributed by atoms with E-state index in [1.807, 2.05) is 0 Å². The minimum Gasteiger partial charge on any atom is -0.375 e. The molecular weight excluding hydrogens is 542 g/mol. The second-order valence-corrected chi connectivity index (χ2v) is 21.9. The average Bonchev–Trinajstić information content (AvgIpc) is 2.66. The minimum absolute atomic E-state index is 0.0449. The molecule has 0 aliphatic carbocycles. The summed E-state index contributed by atoms with van der Waals surface area (Å²) in [6, 6.07) is 0. The smallest absolute Gasteiger partial charge is 0.226 e. The molecule has 4 nitrogen and oxygen atoms in total. The van der Waals surface area contributed by atoms with Gasteiger partial charge in [0.15, 0.2) is 0 Å². The van der Waals surface area contributed by atoms with E-state index in [0.29, 0.717) is 18.8 Å². The average molecular weight is 622 g/mol. The van der Waals surface area contributed by atoms with Crippen LogP contribution in [0.25, 0.3) is 0 Å². The molecule has 4 heteroatoms. The molecule has 0 aliphatic rings. The van der Waals surface area contributed by atoms with Crippen LogP contribution in [0.1, 0.15) is 184 Å². The van der Waals surface area contributed by atoms with Crippen molar-refractivity contribution < 1.29 is 14.3 Å². The van der Waals surface area contributed by atoms with Gasteiger partial charge in [-0.2, -0.15) is 0 Å². The third kappa shape index (κ3) is 12.7. The van der Waals surface area contributed by atoms with Crippen LogP contribution in [0, 0.1) is 43.3 Å². The second-order valence-electron chi connectivity index (χ2n) is 21.9. The van der Waals surface area contributed by atoms with Crippen LogP contribution in [-0.4, -0.2) is 29.4 Å². The molecule has 0 saturated carbocycles. The molecule has 1 amide bonds. The number of carbonyl (C=O) groups is 2. The highest BCUT2D eigenvalue weighted by atomic mass is 16.5. The Labute approximate surface area is 276 Å². The van der Waals surface area contributed by atoms with Gasteiger partial charge in [0.2, 0.25) is 5.91 Å². The van der Waals surface area contributed by atoms with E-state index in [4.69, 9.17) is 4.74 Å². The van der Waals surface area contributed by atoms with Crippen molar-refractivity contribution >= 4 is 11.7 Å². The first-order chi connectivity index (χ1) is 18.8. The van der Waals surface area contributed by atoms with E-state index in [-0.39, 0.29) is 43.9 Å². The topological polar surface area (TPSA) is 55.4 Å². The summed E-state index contributed by atoms with van der Waals surface area (Å²) in [5.41, 5.74) is -2.17. The number of nitrogens with one attached hydrogen (secondary N) is 1. The lowest BCUT2D eigenvalue weighted by molar-refractivity contribution is -0.144. The third-order valence-corrected chi connectivity index (χ3v) is 10.7. The first-order valence-electron chi connectivity index (χ1n) is 17.3. The minimum atomic E-state index is -0.542. The molecular formula is C40H79NO3. The molecule has 44 heavy (non-hydrogen) atoms. The molecule has 0 aromatic carbocycles. The molecule has 0 spiro atoms. The fraction of sp³-hybridized carbons (Fsp3) is 0.950. The zero-order valence-corrected chi connectivity index (χ0v) is 34.0. The highest BCUT2D eigenvalue weighted by Gasteiger charge is 2.48. The summed E-state index contributed by atoms with van der Waals surface area (Å²) in [6.45, 7) is 48.9. The Morgan fingerprint density at radius 2 is 0.864 bits per heavy atom. The first-order valence-corrected chi connectivity index (χ1v) is 17.3. The van der Waals surface area contributed by atoms with Crippen molar-refractivity contribution in [2.45, 2.75) is 196 Å². The molecule has 0 bridgehead atoms. The standard InChI is InChI=1S/C40H79NO3/c1-31(2,3)25-33(7,8)29(42)34(9,10)27-37(15,16)36(13,14)23-24-44-40(21,22)38(17,18)28-35(11,12)30(43)41-39(19,20)26-32(4,5)6/h23-28H2,1-22H3,(H,41,43). The molecule has 0 unspecified atom stereocenters. The molecule has 0 rings (SSSR count). The van der Waals surface area contributed by atoms with Gasteiger partial charge in [0.05, 0.1) is 5.60 Å². The quantitative estimate of drug-likeness (QED) is 0.186. The molecule has 0 saturated heterocycles. The Balaban J connectivity index is 5.59. The lowest BCUT2D eigenvalue weighted by Gasteiger charge is -2.49. The maximum atomic E-state index is 13.9. The van der Waals surface area contributed by atoms with Gasteiger partial charge in [-0.1, -0.05) is 125 Å². The summed E-state index contributed by atoms with van der Waals surface area (Å²) in [7, 11) is 0. The molecule has 1 N–H and O–H groups in total. The zero-order chi connectivity index (χ0) is 35.8. The van der Waals surface area contributed by atoms with Crippen LogP contribution >= 0.6 is 0 Å². The fourth-order valence-electron chi connectivity index (χ4n) is 8.09. The van der Waals surface area contributed by atoms with Crippen LogP contribution < -0.4 is 5.32 Å². The van der Waals surface area contributed by atoms with Crippen LogP contribution in [-0.2, 0) is 14.3 Å². The van der Waals surface area contributed by atoms with Gasteiger partial charge in [0.25, 0.3) is 0 Å². The van der Waals surface area contributed by atoms with Crippen LogP contribution in [0.3, 0.4) is 0 Å². The van der Waals surface area contributed by atoms with Crippen molar-refractivity contribution in [3.05, 3.63) is 0 Å². The highest BCUT2D eigenvalue weighted by Crippen LogP contribution is 2.52. The van der Waals surface area contributed by atoms with E-state index in [9.17, 15) is 9.59 Å². The summed E-state index contributed by atoms with van der Waals surface area (Å²) >= 11 is 0. The molecule has 0 aliphatic heterocycles. The van der Waals surface area contributed by atoms with Gasteiger partial charge in [-0.25, -0.2) is 0 Å². The van der Waals surface area contributed by atoms with Crippen molar-refractivity contribution in [1.82, 2.24) is 5.32 Å². The van der Waals surface area contributed by atoms with Gasteiger partial charge in [0.1, 0.15) is 5.78 Å². The Kier molecular flexibility index (Phi) is 13.0. The second kappa shape index (κ2) is 13.3. The van der Waals surface area contributed by atoms with Crippen molar-refractivity contribution in [2.24, 2.45) is 43.3 Å². The number of hydrogen-bond acceptors (Lipinski definition) is 3. The monoisotopic (exact) mass is 622 g/mol. The largest absolute Gasteiger partial charge is 0.375 e. The Hall–Kier alpha value is -0.900. The Morgan fingerprint density at radius 3 is 1.27 bits per heavy atom. The summed E-state index contributed by atoms with van der Waals surface area (Å²) in [4.78, 5) is 27.4. The molecule has 262 valence electrons. The van der Waals surface area contributed by atoms with Gasteiger partial charge >= 0.3 is 0 Å². The van der Waals surface area contributed by atoms with Crippen LogP contribution in [0.15, 0.2) is 0 Å². The normalized spacial score (nSPS) is 15.4. The predicted octanol–water partition coefficient (Wildman–Crippen LogP) is 11.4. The van der Waals surface area contributed by atoms with Crippen molar-refractivity contribution in [1.29, 1.82) is 0 Å². The van der Waals surface area contributed by atoms with Gasteiger partial charge in [-0.15, -0.1) is 0 Å². The zero-order valence-electron chi connectivity index (χ0n) is 34.0. The number of amides is 1. The third-order valence-electron chi connectivity index (χ3n) is 10.7. The van der Waals surface area contributed by atoms with E-state index in [0.717, 1.165) is 25.7 Å². The van der Waals surface area contributed by atoms with E-state index >= 15 is 0 Å². The van der Waals surface area contributed by atoms with Crippen molar-refractivity contribution in [3.63, 3.8) is 0 Å². The molecule has 0 fully saturated rings. The van der Waals surface area contributed by atoms with E-state index < -0.39 is 16.4 Å². The lowest BCUT2D eigenvalue weighted by Crippen LogP contribution is -2.53. The van der Waals surface area contributed by atoms with Gasteiger partial charge in [-0.3, -0.25) is 9.59 Å². The predicted molar refractivity (Wildman–Crippen MR) is 192 cm³/mol. The van der Waals surface area contributed by atoms with E-state index in [2.05, 4.69) is 158 Å². The van der Waals surface area contributed by atoms with Gasteiger partial charge in [-0.05, 0) is 86.9 Å². The molecule has 0 atom stereocenters. The maximum absolute atomic E-state index is 13.9. The number of ether oxygens (including phenoxy) is 1. The first kappa shape index (κ1) is 43.1. The van der Waals surface area contributed by atoms with Crippen molar-refractivity contribution in [3.8, 4) is 0 Å². The van der Waals surface area contributed by atoms with E-state index in [1.54, 1.807) is 0 Å². The number of Topliss-reactive ketones (excluding diaryl/α,β-unsaturated/α-hetero) is 1. The van der Waals surface area contributed by atoms with Crippen molar-refractivity contribution in [2.75, 3.05) is 6.61 Å². The van der Waals surface area contributed by atoms with E-state index in [1.165, 1.54) is 0 Å². The molecule has 0 aromatic heterocycles. The van der Waals surface area contributed by atoms with Crippen LogP contribution in [0.2, 0.25) is 0 Å². The van der Waals surface area contributed by atoms with Gasteiger partial charge < -0.3 is 10.1 Å². The summed E-state index contributed by atoms with van der Waals surface area (Å²) in [5.74, 6) is 0.456. The maximum Gasteiger partial charge on any atom is 0.226 e. The number of carbonyl (C=O) groups excluding carboxylic acids is 2. The summed E-state index contributed by atoms with van der Waals surface area (Å²) in [5, 5.41) is 3.35. The van der Waals surface area contributed by atoms with Gasteiger partial charge in [0, 0.05) is 28.4 Å². The molecule has 0 heterocycles. The Bertz CT molecular complexity index is 975. The molecule has 0 radical (unpaired) electrons. The number of ketones is 1. The number of hydrogen-bond donors (Lipinski definition) is 1. The summed E-state index contributed by atoms with van der Waals surface area (Å²) in [6.07, 6.45) is 4.20. The fourth-order valence-corrected chi connectivity index (χ4v) is 8.09. The SMILES string of the molecule is CC(C)(C)CC(C)(C)NC(=O)C(C)(C)CC(C)(C)C(C)(C)OCCC(C)(C)C(C)(C)CC(C)(C)C(=O)C(C)(C)CC(C)(C)C. The molecule has 0 aromatic rings.